The van der Waals surface area contributed by atoms with Crippen LogP contribution in [0.5, 0.6) is 0 Å². The predicted octanol–water partition coefficient (Wildman–Crippen LogP) is 3.70. The molecule has 3 atom stereocenters. The molecule has 5 nitrogen and oxygen atoms in total. The number of fused-ring (bicyclic) bond motifs is 2. The quantitative estimate of drug-likeness (QED) is 0.777. The van der Waals surface area contributed by atoms with Gasteiger partial charge >= 0.3 is 0 Å². The Balaban J connectivity index is 1.38. The van der Waals surface area contributed by atoms with Crippen molar-refractivity contribution in [1.82, 2.24) is 9.62 Å². The van der Waals surface area contributed by atoms with Crippen LogP contribution in [0.4, 0.5) is 8.78 Å². The zero-order valence-electron chi connectivity index (χ0n) is 17.7. The van der Waals surface area contributed by atoms with Crippen molar-refractivity contribution in [2.75, 3.05) is 13.1 Å². The highest BCUT2D eigenvalue weighted by molar-refractivity contribution is 7.89. The highest BCUT2D eigenvalue weighted by Gasteiger charge is 2.61. The van der Waals surface area contributed by atoms with E-state index in [4.69, 9.17) is 0 Å². The Labute approximate surface area is 177 Å². The minimum Gasteiger partial charge on any atom is -0.353 e. The van der Waals surface area contributed by atoms with E-state index in [0.29, 0.717) is 24.8 Å². The van der Waals surface area contributed by atoms with Gasteiger partial charge in [0.1, 0.15) is 0 Å². The molecule has 2 saturated carbocycles. The lowest BCUT2D eigenvalue weighted by Crippen LogP contribution is -2.50. The molecule has 1 N–H and O–H groups in total. The first-order valence-electron chi connectivity index (χ1n) is 10.7. The maximum absolute atomic E-state index is 13.5. The summed E-state index contributed by atoms with van der Waals surface area (Å²) in [6, 6.07) is 2.77. The average Bonchev–Trinajstić information content (AvgIpc) is 3.03. The molecule has 1 aromatic carbocycles. The number of nitrogens with one attached hydrogen (secondary N) is 1. The Morgan fingerprint density at radius 3 is 2.30 bits per heavy atom. The van der Waals surface area contributed by atoms with E-state index in [1.54, 1.807) is 0 Å². The van der Waals surface area contributed by atoms with E-state index in [0.717, 1.165) is 25.0 Å². The molecule has 3 aliphatic rings. The van der Waals surface area contributed by atoms with E-state index in [-0.39, 0.29) is 46.7 Å². The molecule has 3 fully saturated rings. The number of halogens is 2. The van der Waals surface area contributed by atoms with Crippen LogP contribution < -0.4 is 5.32 Å². The number of carbonyl (C=O) groups is 1. The summed E-state index contributed by atoms with van der Waals surface area (Å²) >= 11 is 0. The Kier molecular flexibility index (Phi) is 5.25. The second kappa shape index (κ2) is 7.26. The van der Waals surface area contributed by atoms with Crippen LogP contribution in [0, 0.1) is 34.3 Å². The van der Waals surface area contributed by atoms with E-state index in [9.17, 15) is 22.0 Å². The minimum absolute atomic E-state index is 0.00875. The third-order valence-electron chi connectivity index (χ3n) is 8.46. The first-order valence-corrected chi connectivity index (χ1v) is 12.2. The van der Waals surface area contributed by atoms with Crippen LogP contribution >= 0.6 is 0 Å². The van der Waals surface area contributed by atoms with Gasteiger partial charge in [0.15, 0.2) is 11.6 Å². The van der Waals surface area contributed by atoms with Crippen molar-refractivity contribution >= 4 is 15.9 Å². The minimum atomic E-state index is -3.91. The van der Waals surface area contributed by atoms with Crippen molar-refractivity contribution in [3.63, 3.8) is 0 Å². The average molecular weight is 441 g/mol. The third kappa shape index (κ3) is 3.27. The molecule has 2 aliphatic carbocycles. The van der Waals surface area contributed by atoms with Gasteiger partial charge in [-0.3, -0.25) is 4.79 Å². The zero-order chi connectivity index (χ0) is 21.9. The van der Waals surface area contributed by atoms with Gasteiger partial charge in [-0.15, -0.1) is 0 Å². The van der Waals surface area contributed by atoms with Crippen LogP contribution in [0.2, 0.25) is 0 Å². The van der Waals surface area contributed by atoms with E-state index in [2.05, 4.69) is 26.1 Å². The van der Waals surface area contributed by atoms with E-state index in [1.807, 2.05) is 0 Å². The lowest BCUT2D eigenvalue weighted by atomic mass is 9.69. The van der Waals surface area contributed by atoms with Gasteiger partial charge < -0.3 is 5.32 Å². The Morgan fingerprint density at radius 2 is 1.77 bits per heavy atom. The molecule has 1 saturated heterocycles. The van der Waals surface area contributed by atoms with Gasteiger partial charge in [0.05, 0.1) is 4.90 Å². The predicted molar refractivity (Wildman–Crippen MR) is 109 cm³/mol. The number of carbonyl (C=O) groups excluding carboxylic acids is 1. The molecule has 0 aromatic heterocycles. The van der Waals surface area contributed by atoms with Crippen LogP contribution in [0.1, 0.15) is 52.9 Å². The first-order chi connectivity index (χ1) is 14.0. The number of benzene rings is 1. The molecule has 166 valence electrons. The molecule has 30 heavy (non-hydrogen) atoms. The molecular formula is C22H30F2N2O3S. The summed E-state index contributed by atoms with van der Waals surface area (Å²) in [6.07, 6.45) is 4.20. The van der Waals surface area contributed by atoms with Gasteiger partial charge in [0, 0.05) is 25.0 Å². The van der Waals surface area contributed by atoms with Crippen molar-refractivity contribution in [1.29, 1.82) is 0 Å². The summed E-state index contributed by atoms with van der Waals surface area (Å²) in [5, 5.41) is 3.28. The van der Waals surface area contributed by atoms with Gasteiger partial charge in [-0.25, -0.2) is 17.2 Å². The summed E-state index contributed by atoms with van der Waals surface area (Å²) in [6.45, 7) is 7.27. The van der Waals surface area contributed by atoms with Crippen molar-refractivity contribution in [3.05, 3.63) is 29.8 Å². The van der Waals surface area contributed by atoms with E-state index < -0.39 is 21.7 Å². The molecular weight excluding hydrogens is 410 g/mol. The third-order valence-corrected chi connectivity index (χ3v) is 10.4. The largest absolute Gasteiger partial charge is 0.353 e. The fourth-order valence-corrected chi connectivity index (χ4v) is 7.34. The SMILES string of the molecule is CC1(C)[C@@H]2CC[C@]1(C)[C@@H](NC(=O)C1CCN(S(=O)(=O)c3ccc(F)c(F)c3)CC1)C2. The highest BCUT2D eigenvalue weighted by Crippen LogP contribution is 2.65. The number of sulfonamides is 1. The fourth-order valence-electron chi connectivity index (χ4n) is 5.86. The lowest BCUT2D eigenvalue weighted by Gasteiger charge is -2.40. The molecule has 1 aliphatic heterocycles. The maximum Gasteiger partial charge on any atom is 0.243 e. The van der Waals surface area contributed by atoms with Crippen molar-refractivity contribution < 1.29 is 22.0 Å². The number of piperidine rings is 1. The van der Waals surface area contributed by atoms with Gasteiger partial charge in [-0.2, -0.15) is 4.31 Å². The Morgan fingerprint density at radius 1 is 1.10 bits per heavy atom. The van der Waals surface area contributed by atoms with Crippen LogP contribution in [-0.2, 0) is 14.8 Å². The normalized spacial score (nSPS) is 31.8. The van der Waals surface area contributed by atoms with Crippen molar-refractivity contribution in [2.24, 2.45) is 22.7 Å². The summed E-state index contributed by atoms with van der Waals surface area (Å²) in [5.41, 5.74) is 0.316. The van der Waals surface area contributed by atoms with Gasteiger partial charge in [0.2, 0.25) is 15.9 Å². The molecule has 2 bridgehead atoms. The molecule has 0 radical (unpaired) electrons. The van der Waals surface area contributed by atoms with Crippen LogP contribution in [0.25, 0.3) is 0 Å². The number of hydrogen-bond donors (Lipinski definition) is 1. The smallest absolute Gasteiger partial charge is 0.243 e. The first kappa shape index (κ1) is 21.7. The molecule has 1 aromatic rings. The maximum atomic E-state index is 13.5. The number of nitrogens with zero attached hydrogens (tertiary/aromatic N) is 1. The number of rotatable bonds is 4. The van der Waals surface area contributed by atoms with Gasteiger partial charge in [-0.05, 0) is 67.1 Å². The summed E-state index contributed by atoms with van der Waals surface area (Å²) in [4.78, 5) is 12.7. The van der Waals surface area contributed by atoms with Crippen molar-refractivity contribution in [3.8, 4) is 0 Å². The molecule has 1 amide bonds. The topological polar surface area (TPSA) is 66.5 Å². The lowest BCUT2D eigenvalue weighted by molar-refractivity contribution is -0.127. The molecule has 0 spiro atoms. The molecule has 0 unspecified atom stereocenters. The molecule has 4 rings (SSSR count). The molecule has 8 heteroatoms. The standard InChI is InChI=1S/C22H30F2N2O3S/c1-21(2)15-6-9-22(21,3)19(12-15)25-20(27)14-7-10-26(11-8-14)30(28,29)16-4-5-17(23)18(24)13-16/h4-5,13-15,19H,6-12H2,1-3H3,(H,25,27)/t15-,19+,22-/m1/s1. The number of amides is 1. The Bertz CT molecular complexity index is 957. The second-order valence-electron chi connectivity index (χ2n) is 9.93. The van der Waals surface area contributed by atoms with E-state index >= 15 is 0 Å². The van der Waals surface area contributed by atoms with Gasteiger partial charge in [0.25, 0.3) is 0 Å². The number of hydrogen-bond acceptors (Lipinski definition) is 3. The van der Waals surface area contributed by atoms with Crippen LogP contribution in [-0.4, -0.2) is 37.8 Å². The van der Waals surface area contributed by atoms with Crippen molar-refractivity contribution in [2.45, 2.75) is 63.8 Å². The van der Waals surface area contributed by atoms with E-state index in [1.165, 1.54) is 10.7 Å². The Hall–Kier alpha value is -1.54. The fraction of sp³-hybridized carbons (Fsp3) is 0.682. The van der Waals surface area contributed by atoms with Crippen LogP contribution in [0.15, 0.2) is 23.1 Å². The summed E-state index contributed by atoms with van der Waals surface area (Å²) in [7, 11) is -3.91. The second-order valence-corrected chi connectivity index (χ2v) is 11.9. The zero-order valence-corrected chi connectivity index (χ0v) is 18.6. The monoisotopic (exact) mass is 440 g/mol. The van der Waals surface area contributed by atoms with Gasteiger partial charge in [-0.1, -0.05) is 20.8 Å². The molecule has 1 heterocycles. The summed E-state index contributed by atoms with van der Waals surface area (Å²) < 4.78 is 53.4. The highest BCUT2D eigenvalue weighted by atomic mass is 32.2. The summed E-state index contributed by atoms with van der Waals surface area (Å²) in [5.74, 6) is -1.85. The van der Waals surface area contributed by atoms with Crippen LogP contribution in [0.3, 0.4) is 0 Å².